The van der Waals surface area contributed by atoms with E-state index in [1.54, 1.807) is 6.20 Å². The molecule has 0 aromatic carbocycles. The first-order chi connectivity index (χ1) is 6.92. The monoisotopic (exact) mass is 299 g/mol. The zero-order valence-corrected chi connectivity index (χ0v) is 12.5. The van der Waals surface area contributed by atoms with Crippen LogP contribution in [0, 0.1) is 0 Å². The van der Waals surface area contributed by atoms with Gasteiger partial charge < -0.3 is 11.1 Å². The van der Waals surface area contributed by atoms with Crippen LogP contribution in [0.15, 0.2) is 11.6 Å². The maximum absolute atomic E-state index is 11.6. The van der Waals surface area contributed by atoms with Crippen LogP contribution in [0.3, 0.4) is 0 Å². The highest BCUT2D eigenvalue weighted by molar-refractivity contribution is 7.09. The van der Waals surface area contributed by atoms with Gasteiger partial charge >= 0.3 is 0 Å². The van der Waals surface area contributed by atoms with Gasteiger partial charge in [0.2, 0.25) is 5.91 Å². The third-order valence-electron chi connectivity index (χ3n) is 1.93. The largest absolute Gasteiger partial charge is 0.345 e. The van der Waals surface area contributed by atoms with Crippen molar-refractivity contribution in [2.24, 2.45) is 5.73 Å². The van der Waals surface area contributed by atoms with Crippen LogP contribution in [-0.2, 0) is 10.3 Å². The molecule has 3 N–H and O–H groups in total. The molecule has 0 aliphatic rings. The molecule has 0 aliphatic carbocycles. The summed E-state index contributed by atoms with van der Waals surface area (Å²) in [5.74, 6) is -0.0369. The third-order valence-corrected chi connectivity index (χ3v) is 3.02. The summed E-state index contributed by atoms with van der Waals surface area (Å²) in [5.41, 5.74) is 5.14. The second kappa shape index (κ2) is 7.87. The lowest BCUT2D eigenvalue weighted by molar-refractivity contribution is -0.123. The molecule has 4 nitrogen and oxygen atoms in total. The molecule has 1 aromatic heterocycles. The number of nitrogens with zero attached hydrogens (tertiary/aromatic N) is 1. The van der Waals surface area contributed by atoms with E-state index >= 15 is 0 Å². The minimum atomic E-state index is -0.417. The molecular weight excluding hydrogens is 281 g/mol. The number of hydrogen-bond donors (Lipinski definition) is 2. The van der Waals surface area contributed by atoms with Gasteiger partial charge in [-0.3, -0.25) is 4.79 Å². The fourth-order valence-corrected chi connectivity index (χ4v) is 2.00. The van der Waals surface area contributed by atoms with Gasteiger partial charge in [0.05, 0.1) is 5.54 Å². The summed E-state index contributed by atoms with van der Waals surface area (Å²) in [6.07, 6.45) is 2.08. The molecule has 1 unspecified atom stereocenters. The average molecular weight is 300 g/mol. The lowest BCUT2D eigenvalue weighted by atomic mass is 10.1. The highest BCUT2D eigenvalue weighted by atomic mass is 35.5. The molecule has 7 heteroatoms. The number of carbonyl (C=O) groups is 1. The number of aromatic nitrogens is 1. The summed E-state index contributed by atoms with van der Waals surface area (Å²) in [6.45, 7) is 5.69. The first-order valence-electron chi connectivity index (χ1n) is 4.88. The summed E-state index contributed by atoms with van der Waals surface area (Å²) in [4.78, 5) is 15.7. The Morgan fingerprint density at radius 1 is 1.59 bits per heavy atom. The van der Waals surface area contributed by atoms with E-state index in [4.69, 9.17) is 5.73 Å². The smallest absolute Gasteiger partial charge is 0.222 e. The first-order valence-corrected chi connectivity index (χ1v) is 5.76. The van der Waals surface area contributed by atoms with Crippen LogP contribution in [0.2, 0.25) is 0 Å². The van der Waals surface area contributed by atoms with Crippen molar-refractivity contribution in [2.75, 3.05) is 0 Å². The van der Waals surface area contributed by atoms with Crippen LogP contribution in [-0.4, -0.2) is 16.9 Å². The van der Waals surface area contributed by atoms with Gasteiger partial charge in [-0.05, 0) is 20.8 Å². The number of nitrogens with one attached hydrogen (secondary N) is 1. The summed E-state index contributed by atoms with van der Waals surface area (Å²) in [5, 5.41) is 5.72. The Balaban J connectivity index is 0. The number of amides is 1. The fourth-order valence-electron chi connectivity index (χ4n) is 1.28. The van der Waals surface area contributed by atoms with Crippen LogP contribution in [0.25, 0.3) is 0 Å². The maximum atomic E-state index is 11.6. The molecule has 1 heterocycles. The molecule has 1 aromatic rings. The van der Waals surface area contributed by atoms with Gasteiger partial charge in [-0.2, -0.15) is 0 Å². The number of rotatable bonds is 4. The second-order valence-electron chi connectivity index (χ2n) is 4.19. The predicted molar refractivity (Wildman–Crippen MR) is 76.0 cm³/mol. The summed E-state index contributed by atoms with van der Waals surface area (Å²) in [7, 11) is 0. The minimum absolute atomic E-state index is 0. The van der Waals surface area contributed by atoms with E-state index in [1.165, 1.54) is 11.3 Å². The van der Waals surface area contributed by atoms with Crippen molar-refractivity contribution in [2.45, 2.75) is 38.8 Å². The van der Waals surface area contributed by atoms with Crippen molar-refractivity contribution < 1.29 is 4.79 Å². The molecule has 0 aliphatic heterocycles. The molecule has 17 heavy (non-hydrogen) atoms. The Morgan fingerprint density at radius 2 is 2.18 bits per heavy atom. The Bertz CT molecular complexity index is 328. The molecular formula is C10H19Cl2N3OS. The summed E-state index contributed by atoms with van der Waals surface area (Å²) < 4.78 is 0. The lowest BCUT2D eigenvalue weighted by Gasteiger charge is -2.24. The van der Waals surface area contributed by atoms with E-state index in [0.29, 0.717) is 6.42 Å². The number of halogens is 2. The van der Waals surface area contributed by atoms with Crippen molar-refractivity contribution in [1.82, 2.24) is 10.3 Å². The maximum Gasteiger partial charge on any atom is 0.222 e. The van der Waals surface area contributed by atoms with Gasteiger partial charge in [-0.15, -0.1) is 36.2 Å². The molecule has 0 saturated heterocycles. The third kappa shape index (κ3) is 6.21. The Labute approximate surface area is 118 Å². The van der Waals surface area contributed by atoms with Crippen LogP contribution < -0.4 is 11.1 Å². The Morgan fingerprint density at radius 3 is 2.59 bits per heavy atom. The molecule has 1 amide bonds. The van der Waals surface area contributed by atoms with Crippen molar-refractivity contribution in [3.8, 4) is 0 Å². The van der Waals surface area contributed by atoms with Crippen LogP contribution in [0.1, 0.15) is 32.2 Å². The molecule has 1 rings (SSSR count). The molecule has 0 saturated carbocycles. The van der Waals surface area contributed by atoms with E-state index in [0.717, 1.165) is 5.01 Å². The lowest BCUT2D eigenvalue weighted by Crippen LogP contribution is -2.42. The highest BCUT2D eigenvalue weighted by Gasteiger charge is 2.25. The van der Waals surface area contributed by atoms with E-state index in [1.807, 2.05) is 26.2 Å². The van der Waals surface area contributed by atoms with Crippen LogP contribution >= 0.6 is 36.2 Å². The SMILES string of the molecule is CC(N)CC(=O)NC(C)(C)c1nccs1.Cl.Cl. The van der Waals surface area contributed by atoms with Crippen molar-refractivity contribution in [1.29, 1.82) is 0 Å². The van der Waals surface area contributed by atoms with E-state index in [9.17, 15) is 4.79 Å². The molecule has 1 atom stereocenters. The summed E-state index contributed by atoms with van der Waals surface area (Å²) >= 11 is 1.53. The molecule has 100 valence electrons. The predicted octanol–water partition coefficient (Wildman–Crippen LogP) is 2.08. The second-order valence-corrected chi connectivity index (χ2v) is 5.09. The molecule has 0 fully saturated rings. The Hall–Kier alpha value is -0.360. The average Bonchev–Trinajstić information content (AvgIpc) is 2.51. The number of thiazole rings is 1. The molecule has 0 spiro atoms. The van der Waals surface area contributed by atoms with Crippen molar-refractivity contribution in [3.63, 3.8) is 0 Å². The minimum Gasteiger partial charge on any atom is -0.345 e. The molecule has 0 bridgehead atoms. The quantitative estimate of drug-likeness (QED) is 0.894. The zero-order chi connectivity index (χ0) is 11.5. The van der Waals surface area contributed by atoms with Gasteiger partial charge in [0.1, 0.15) is 5.01 Å². The van der Waals surface area contributed by atoms with Crippen molar-refractivity contribution >= 4 is 42.1 Å². The number of carbonyl (C=O) groups excluding carboxylic acids is 1. The topological polar surface area (TPSA) is 68.0 Å². The van der Waals surface area contributed by atoms with Gasteiger partial charge in [0.25, 0.3) is 0 Å². The zero-order valence-electron chi connectivity index (χ0n) is 10.1. The van der Waals surface area contributed by atoms with Gasteiger partial charge in [-0.25, -0.2) is 4.98 Å². The van der Waals surface area contributed by atoms with E-state index < -0.39 is 5.54 Å². The van der Waals surface area contributed by atoms with Crippen LogP contribution in [0.5, 0.6) is 0 Å². The first kappa shape index (κ1) is 19.0. The Kier molecular flexibility index (Phi) is 8.79. The molecule has 0 radical (unpaired) electrons. The fraction of sp³-hybridized carbons (Fsp3) is 0.600. The highest BCUT2D eigenvalue weighted by Crippen LogP contribution is 2.21. The number of hydrogen-bond acceptors (Lipinski definition) is 4. The van der Waals surface area contributed by atoms with Gasteiger partial charge in [0, 0.05) is 24.0 Å². The van der Waals surface area contributed by atoms with Gasteiger partial charge in [-0.1, -0.05) is 0 Å². The van der Waals surface area contributed by atoms with Crippen molar-refractivity contribution in [3.05, 3.63) is 16.6 Å². The van der Waals surface area contributed by atoms with E-state index in [-0.39, 0.29) is 36.8 Å². The standard InChI is InChI=1S/C10H17N3OS.2ClH/c1-7(11)6-8(14)13-10(2,3)9-12-4-5-15-9;;/h4-5,7H,6,11H2,1-3H3,(H,13,14);2*1H. The summed E-state index contributed by atoms with van der Waals surface area (Å²) in [6, 6.07) is -0.114. The normalized spacial score (nSPS) is 12.0. The number of nitrogens with two attached hydrogens (primary N) is 1. The van der Waals surface area contributed by atoms with Gasteiger partial charge in [0.15, 0.2) is 0 Å². The van der Waals surface area contributed by atoms with E-state index in [2.05, 4.69) is 10.3 Å². The van der Waals surface area contributed by atoms with Crippen LogP contribution in [0.4, 0.5) is 0 Å².